The summed E-state index contributed by atoms with van der Waals surface area (Å²) in [6.45, 7) is -1.88. The zero-order valence-electron chi connectivity index (χ0n) is 15.6. The Bertz CT molecular complexity index is 801. The molecule has 0 saturated carbocycles. The van der Waals surface area contributed by atoms with Crippen LogP contribution in [-0.2, 0) is 13.0 Å². The molecule has 1 aliphatic heterocycles. The van der Waals surface area contributed by atoms with Crippen molar-refractivity contribution in [2.75, 3.05) is 20.4 Å². The molecule has 8 heteroatoms. The quantitative estimate of drug-likeness (QED) is 0.411. The number of rotatable bonds is 8. The Labute approximate surface area is 162 Å². The molecule has 0 aromatic heterocycles. The van der Waals surface area contributed by atoms with Crippen molar-refractivity contribution in [1.82, 2.24) is 10.6 Å². The molecule has 0 radical (unpaired) electrons. The van der Waals surface area contributed by atoms with Crippen molar-refractivity contribution in [3.8, 4) is 17.2 Å². The number of guanidine groups is 1. The molecule has 2 aromatic rings. The van der Waals surface area contributed by atoms with E-state index in [1.807, 2.05) is 18.2 Å². The first-order chi connectivity index (χ1) is 13.7. The third-order valence-electron chi connectivity index (χ3n) is 4.22. The van der Waals surface area contributed by atoms with Gasteiger partial charge >= 0.3 is 6.61 Å². The summed E-state index contributed by atoms with van der Waals surface area (Å²) in [7, 11) is 1.66. The van der Waals surface area contributed by atoms with Crippen LogP contribution in [0.3, 0.4) is 0 Å². The zero-order valence-corrected chi connectivity index (χ0v) is 15.6. The first kappa shape index (κ1) is 19.7. The van der Waals surface area contributed by atoms with Crippen LogP contribution in [0, 0.1) is 0 Å². The lowest BCUT2D eigenvalue weighted by Gasteiger charge is -2.15. The van der Waals surface area contributed by atoms with E-state index in [9.17, 15) is 8.78 Å². The summed E-state index contributed by atoms with van der Waals surface area (Å²) < 4.78 is 40.6. The van der Waals surface area contributed by atoms with E-state index in [4.69, 9.17) is 9.47 Å². The van der Waals surface area contributed by atoms with Gasteiger partial charge in [0.05, 0.1) is 0 Å². The van der Waals surface area contributed by atoms with Crippen LogP contribution < -0.4 is 24.8 Å². The third kappa shape index (κ3) is 5.48. The fourth-order valence-electron chi connectivity index (χ4n) is 2.85. The number of nitrogens with one attached hydrogen (secondary N) is 2. The topological polar surface area (TPSA) is 64.1 Å². The van der Waals surface area contributed by atoms with Gasteiger partial charge in [-0.1, -0.05) is 30.3 Å². The number of nitrogens with zero attached hydrogens (tertiary/aromatic N) is 1. The summed E-state index contributed by atoms with van der Waals surface area (Å²) in [6.07, 6.45) is 1.90. The lowest BCUT2D eigenvalue weighted by molar-refractivity contribution is -0.0505. The number of benzene rings is 2. The van der Waals surface area contributed by atoms with Crippen LogP contribution in [0.15, 0.2) is 47.5 Å². The minimum atomic E-state index is -2.92. The summed E-state index contributed by atoms with van der Waals surface area (Å²) in [5.74, 6) is 1.52. The number of hydrogen-bond donors (Lipinski definition) is 2. The van der Waals surface area contributed by atoms with Crippen LogP contribution >= 0.6 is 0 Å². The van der Waals surface area contributed by atoms with Crippen molar-refractivity contribution in [1.29, 1.82) is 0 Å². The van der Waals surface area contributed by atoms with Crippen molar-refractivity contribution >= 4 is 5.96 Å². The minimum absolute atomic E-state index is 0.0475. The van der Waals surface area contributed by atoms with Crippen LogP contribution in [0.2, 0.25) is 0 Å². The molecular weight excluding hydrogens is 368 g/mol. The maximum atomic E-state index is 12.7. The van der Waals surface area contributed by atoms with E-state index in [2.05, 4.69) is 32.5 Å². The van der Waals surface area contributed by atoms with Crippen molar-refractivity contribution in [2.45, 2.75) is 26.0 Å². The van der Waals surface area contributed by atoms with E-state index in [0.29, 0.717) is 23.0 Å². The zero-order chi connectivity index (χ0) is 19.8. The molecule has 0 amide bonds. The Morgan fingerprint density at radius 1 is 1.14 bits per heavy atom. The van der Waals surface area contributed by atoms with E-state index in [0.717, 1.165) is 19.4 Å². The van der Waals surface area contributed by atoms with Crippen molar-refractivity contribution in [2.24, 2.45) is 4.99 Å². The average Bonchev–Trinajstić information content (AvgIpc) is 3.15. The Kier molecular flexibility index (Phi) is 6.89. The third-order valence-corrected chi connectivity index (χ3v) is 4.22. The Morgan fingerprint density at radius 2 is 1.89 bits per heavy atom. The van der Waals surface area contributed by atoms with Gasteiger partial charge in [-0.15, -0.1) is 0 Å². The molecule has 0 unspecified atom stereocenters. The molecule has 0 bridgehead atoms. The van der Waals surface area contributed by atoms with Gasteiger partial charge in [0.15, 0.2) is 17.5 Å². The van der Waals surface area contributed by atoms with Gasteiger partial charge in [-0.3, -0.25) is 4.99 Å². The second-order valence-corrected chi connectivity index (χ2v) is 6.13. The van der Waals surface area contributed by atoms with Crippen LogP contribution in [0.5, 0.6) is 17.2 Å². The first-order valence-corrected chi connectivity index (χ1v) is 9.01. The molecule has 0 spiro atoms. The molecule has 0 aliphatic carbocycles. The maximum absolute atomic E-state index is 12.7. The van der Waals surface area contributed by atoms with Crippen LogP contribution in [0.25, 0.3) is 0 Å². The lowest BCUT2D eigenvalue weighted by Crippen LogP contribution is -2.37. The van der Waals surface area contributed by atoms with Gasteiger partial charge in [-0.05, 0) is 24.5 Å². The van der Waals surface area contributed by atoms with Gasteiger partial charge in [0.25, 0.3) is 0 Å². The molecule has 1 heterocycles. The van der Waals surface area contributed by atoms with E-state index >= 15 is 0 Å². The Morgan fingerprint density at radius 3 is 2.61 bits per heavy atom. The molecule has 0 atom stereocenters. The van der Waals surface area contributed by atoms with Crippen molar-refractivity contribution in [3.05, 3.63) is 53.6 Å². The van der Waals surface area contributed by atoms with E-state index in [-0.39, 0.29) is 19.1 Å². The highest BCUT2D eigenvalue weighted by atomic mass is 19.3. The first-order valence-electron chi connectivity index (χ1n) is 9.01. The van der Waals surface area contributed by atoms with Crippen molar-refractivity contribution < 1.29 is 23.0 Å². The Hall–Kier alpha value is -3.03. The number of aliphatic imine (C=N–C) groups is 1. The Balaban J connectivity index is 1.53. The second-order valence-electron chi connectivity index (χ2n) is 6.13. The largest absolute Gasteiger partial charge is 0.454 e. The average molecular weight is 391 g/mol. The van der Waals surface area contributed by atoms with Crippen LogP contribution in [-0.4, -0.2) is 33.0 Å². The van der Waals surface area contributed by atoms with Crippen molar-refractivity contribution in [3.63, 3.8) is 0 Å². The highest BCUT2D eigenvalue weighted by molar-refractivity contribution is 5.79. The molecule has 2 aromatic carbocycles. The molecule has 3 rings (SSSR count). The number of aryl methyl sites for hydroxylation is 1. The number of halogens is 2. The highest BCUT2D eigenvalue weighted by Gasteiger charge is 2.20. The molecule has 150 valence electrons. The summed E-state index contributed by atoms with van der Waals surface area (Å²) >= 11 is 0. The van der Waals surface area contributed by atoms with Gasteiger partial charge < -0.3 is 24.8 Å². The van der Waals surface area contributed by atoms with E-state index < -0.39 is 6.61 Å². The monoisotopic (exact) mass is 391 g/mol. The number of fused-ring (bicyclic) bond motifs is 1. The predicted molar refractivity (Wildman–Crippen MR) is 102 cm³/mol. The molecule has 0 saturated heterocycles. The van der Waals surface area contributed by atoms with E-state index in [1.165, 1.54) is 11.6 Å². The van der Waals surface area contributed by atoms with Gasteiger partial charge in [0.2, 0.25) is 6.79 Å². The smallest absolute Gasteiger partial charge is 0.387 e. The predicted octanol–water partition coefficient (Wildman–Crippen LogP) is 3.31. The van der Waals surface area contributed by atoms with Gasteiger partial charge in [-0.25, -0.2) is 0 Å². The fourth-order valence-corrected chi connectivity index (χ4v) is 2.85. The number of alkyl halides is 2. The summed E-state index contributed by atoms with van der Waals surface area (Å²) in [5, 5.41) is 6.32. The molecule has 0 fully saturated rings. The summed E-state index contributed by atoms with van der Waals surface area (Å²) in [4.78, 5) is 4.16. The fraction of sp³-hybridized carbons (Fsp3) is 0.350. The molecule has 6 nitrogen and oxygen atoms in total. The lowest BCUT2D eigenvalue weighted by atomic mass is 10.1. The number of ether oxygens (including phenoxy) is 3. The highest BCUT2D eigenvalue weighted by Crippen LogP contribution is 2.38. The molecule has 1 aliphatic rings. The summed E-state index contributed by atoms with van der Waals surface area (Å²) in [6, 6.07) is 13.3. The van der Waals surface area contributed by atoms with Crippen LogP contribution in [0.4, 0.5) is 8.78 Å². The number of hydrogen-bond acceptors (Lipinski definition) is 4. The molecule has 28 heavy (non-hydrogen) atoms. The van der Waals surface area contributed by atoms with Crippen LogP contribution in [0.1, 0.15) is 17.5 Å². The maximum Gasteiger partial charge on any atom is 0.387 e. The molecular formula is C20H23F2N3O3. The van der Waals surface area contributed by atoms with Gasteiger partial charge in [-0.2, -0.15) is 8.78 Å². The standard InChI is InChI=1S/C20H23F2N3O3/c1-23-20(24-9-5-8-14-6-3-2-4-7-14)25-12-15-10-17-18(27-13-26-17)11-16(15)28-19(21)22/h2-4,6-7,10-11,19H,5,8-9,12-13H2,1H3,(H2,23,24,25). The van der Waals surface area contributed by atoms with E-state index in [1.54, 1.807) is 13.1 Å². The SMILES string of the molecule is CN=C(NCCCc1ccccc1)NCc1cc2c(cc1OC(F)F)OCO2. The second kappa shape index (κ2) is 9.77. The summed E-state index contributed by atoms with van der Waals surface area (Å²) in [5.41, 5.74) is 1.80. The van der Waals surface area contributed by atoms with Gasteiger partial charge in [0, 0.05) is 31.8 Å². The molecule has 2 N–H and O–H groups in total. The normalized spacial score (nSPS) is 12.9. The minimum Gasteiger partial charge on any atom is -0.454 e. The van der Waals surface area contributed by atoms with Gasteiger partial charge in [0.1, 0.15) is 5.75 Å².